The third-order valence-electron chi connectivity index (χ3n) is 4.65. The van der Waals surface area contributed by atoms with Gasteiger partial charge in [0.15, 0.2) is 11.6 Å². The molecule has 0 aliphatic rings. The minimum Gasteiger partial charge on any atom is -0.491 e. The minimum atomic E-state index is -3.04. The van der Waals surface area contributed by atoms with Crippen LogP contribution in [0, 0.1) is 16.4 Å². The summed E-state index contributed by atoms with van der Waals surface area (Å²) in [6.45, 7) is 4.25. The molecule has 2 N–H and O–H groups in total. The molecule has 1 unspecified atom stereocenters. The number of anilines is 2. The number of nitrogens with zero attached hydrogens (tertiary/aromatic N) is 2. The normalized spacial score (nSPS) is 13.9. The molecule has 1 heterocycles. The van der Waals surface area contributed by atoms with E-state index in [1.807, 2.05) is 13.8 Å². The van der Waals surface area contributed by atoms with Crippen LogP contribution in [-0.4, -0.2) is 41.1 Å². The smallest absolute Gasteiger partial charge is 0.247 e. The lowest BCUT2D eigenvalue weighted by molar-refractivity contribution is -0.117. The average Bonchev–Trinajstić information content (AvgIpc) is 2.72. The number of methoxy groups -OCH3 is 1. The number of hydrogen-bond acceptors (Lipinski definition) is 6. The zero-order valence-electron chi connectivity index (χ0n) is 18.1. The largest absolute Gasteiger partial charge is 0.491 e. The molecule has 0 fully saturated rings. The first kappa shape index (κ1) is 24.5. The first-order valence-corrected chi connectivity index (χ1v) is 11.9. The van der Waals surface area contributed by atoms with E-state index in [1.165, 1.54) is 37.8 Å². The highest BCUT2D eigenvalue weighted by Crippen LogP contribution is 2.35. The van der Waals surface area contributed by atoms with Gasteiger partial charge >= 0.3 is 0 Å². The highest BCUT2D eigenvalue weighted by molar-refractivity contribution is 7.91. The lowest BCUT2D eigenvalue weighted by Gasteiger charge is -2.33. The number of benzene rings is 1. The van der Waals surface area contributed by atoms with Gasteiger partial charge in [-0.15, -0.1) is 0 Å². The van der Waals surface area contributed by atoms with E-state index in [4.69, 9.17) is 9.52 Å². The van der Waals surface area contributed by atoms with Crippen molar-refractivity contribution < 1.29 is 22.5 Å². The Morgan fingerprint density at radius 1 is 1.29 bits per heavy atom. The molecule has 2 rings (SSSR count). The molecule has 0 bridgehead atoms. The van der Waals surface area contributed by atoms with E-state index in [9.17, 15) is 17.8 Å². The number of rotatable bonds is 10. The fourth-order valence-corrected chi connectivity index (χ4v) is 3.87. The summed E-state index contributed by atoms with van der Waals surface area (Å²) in [6, 6.07) is 4.66. The summed E-state index contributed by atoms with van der Waals surface area (Å²) in [5.74, 6) is -2.76. The van der Waals surface area contributed by atoms with Gasteiger partial charge in [-0.2, -0.15) is 4.39 Å². The van der Waals surface area contributed by atoms with Gasteiger partial charge in [-0.25, -0.2) is 18.4 Å². The van der Waals surface area contributed by atoms with E-state index in [0.29, 0.717) is 31.5 Å². The Hall–Kier alpha value is -2.75. The lowest BCUT2D eigenvalue weighted by Crippen LogP contribution is -2.45. The summed E-state index contributed by atoms with van der Waals surface area (Å²) in [7, 11) is -1.79. The summed E-state index contributed by atoms with van der Waals surface area (Å²) in [5, 5.41) is 2.83. The van der Waals surface area contributed by atoms with Crippen LogP contribution in [0.2, 0.25) is 0 Å². The zero-order valence-corrected chi connectivity index (χ0v) is 18.9. The highest BCUT2D eigenvalue weighted by atomic mass is 32.2. The molecule has 170 valence electrons. The van der Waals surface area contributed by atoms with E-state index in [1.54, 1.807) is 4.90 Å². The predicted molar refractivity (Wildman–Crippen MR) is 117 cm³/mol. The summed E-state index contributed by atoms with van der Waals surface area (Å²) in [6.07, 6.45) is 4.40. The van der Waals surface area contributed by atoms with Crippen molar-refractivity contribution in [2.75, 3.05) is 30.1 Å². The van der Waals surface area contributed by atoms with Crippen molar-refractivity contribution in [3.8, 4) is 5.75 Å². The first-order chi connectivity index (χ1) is 14.6. The molecule has 2 aromatic rings. The molecule has 0 saturated heterocycles. The van der Waals surface area contributed by atoms with Crippen LogP contribution in [-0.2, 0) is 14.5 Å². The Morgan fingerprint density at radius 2 is 2.00 bits per heavy atom. The summed E-state index contributed by atoms with van der Waals surface area (Å²) >= 11 is 0. The molecule has 2 atom stereocenters. The van der Waals surface area contributed by atoms with Crippen LogP contribution >= 0.6 is 0 Å². The van der Waals surface area contributed by atoms with Gasteiger partial charge in [0, 0.05) is 24.7 Å². The van der Waals surface area contributed by atoms with Crippen molar-refractivity contribution in [1.82, 2.24) is 4.98 Å². The number of carbonyl (C=O) groups is 1. The third kappa shape index (κ3) is 5.90. The Balaban J connectivity index is 2.44. The highest BCUT2D eigenvalue weighted by Gasteiger charge is 2.29. The lowest BCUT2D eigenvalue weighted by atomic mass is 10.1. The second-order valence-corrected chi connectivity index (χ2v) is 9.23. The Kier molecular flexibility index (Phi) is 8.32. The molecule has 7 nitrogen and oxygen atoms in total. The maximum atomic E-state index is 14.3. The maximum absolute atomic E-state index is 14.3. The number of hydrogen-bond donors (Lipinski definition) is 2. The van der Waals surface area contributed by atoms with E-state index >= 15 is 0 Å². The molecule has 0 spiro atoms. The van der Waals surface area contributed by atoms with Crippen LogP contribution in [0.15, 0.2) is 35.5 Å². The van der Waals surface area contributed by atoms with Crippen molar-refractivity contribution in [1.29, 1.82) is 4.78 Å². The van der Waals surface area contributed by atoms with E-state index in [2.05, 4.69) is 10.3 Å². The first-order valence-electron chi connectivity index (χ1n) is 9.93. The number of amides is 1. The van der Waals surface area contributed by atoms with Crippen molar-refractivity contribution in [3.63, 3.8) is 0 Å². The van der Waals surface area contributed by atoms with Crippen LogP contribution in [0.1, 0.15) is 33.1 Å². The monoisotopic (exact) mass is 454 g/mol. The number of carbonyl (C=O) groups excluding carboxylic acids is 1. The second-order valence-electron chi connectivity index (χ2n) is 7.13. The van der Waals surface area contributed by atoms with Crippen LogP contribution in [0.3, 0.4) is 0 Å². The molecule has 1 aromatic carbocycles. The quantitative estimate of drug-likeness (QED) is 0.554. The Morgan fingerprint density at radius 3 is 2.58 bits per heavy atom. The van der Waals surface area contributed by atoms with Gasteiger partial charge in [0.1, 0.15) is 11.1 Å². The Bertz CT molecular complexity index is 1030. The summed E-state index contributed by atoms with van der Waals surface area (Å²) in [4.78, 5) is 18.8. The number of aromatic nitrogens is 1. The number of ether oxygens (including phenoxy) is 1. The molecule has 0 saturated carbocycles. The van der Waals surface area contributed by atoms with E-state index < -0.39 is 27.4 Å². The van der Waals surface area contributed by atoms with Crippen molar-refractivity contribution in [2.45, 2.75) is 44.2 Å². The molecule has 0 aliphatic heterocycles. The summed E-state index contributed by atoms with van der Waals surface area (Å²) < 4.78 is 52.8. The maximum Gasteiger partial charge on any atom is 0.247 e. The SMILES string of the molecule is CCCC(C(=O)Nc1ccnc([S@](C)(=N)=O)c1)N(CCC)c1ccc(F)c(F)c1OC. The molecule has 1 amide bonds. The van der Waals surface area contributed by atoms with Crippen molar-refractivity contribution in [2.24, 2.45) is 0 Å². The second kappa shape index (κ2) is 10.5. The van der Waals surface area contributed by atoms with Gasteiger partial charge in [-0.1, -0.05) is 20.3 Å². The zero-order chi connectivity index (χ0) is 23.2. The minimum absolute atomic E-state index is 0.0602. The molecule has 0 aliphatic carbocycles. The fraction of sp³-hybridized carbons (Fsp3) is 0.429. The number of halogens is 2. The third-order valence-corrected chi connectivity index (χ3v) is 5.67. The van der Waals surface area contributed by atoms with Crippen LogP contribution in [0.4, 0.5) is 20.2 Å². The average molecular weight is 455 g/mol. The Labute approximate surface area is 181 Å². The van der Waals surface area contributed by atoms with Gasteiger partial charge in [0.05, 0.1) is 22.5 Å². The molecule has 0 radical (unpaired) electrons. The van der Waals surface area contributed by atoms with Crippen LogP contribution in [0.5, 0.6) is 5.75 Å². The standard InChI is InChI=1S/C21H28F2N4O3S/c1-5-7-17(21(28)26-14-10-11-25-18(13-14)31(4,24)29)27(12-6-2)16-9-8-15(22)19(23)20(16)30-3/h8-11,13,17,24H,5-7,12H2,1-4H3,(H,25,26,28)/t17?,31-/m1/s1. The molecular weight excluding hydrogens is 426 g/mol. The van der Waals surface area contributed by atoms with Gasteiger partial charge in [0.25, 0.3) is 0 Å². The summed E-state index contributed by atoms with van der Waals surface area (Å²) in [5.41, 5.74) is 0.640. The van der Waals surface area contributed by atoms with Crippen molar-refractivity contribution in [3.05, 3.63) is 42.1 Å². The molecular formula is C21H28F2N4O3S. The molecule has 10 heteroatoms. The van der Waals surface area contributed by atoms with E-state index in [0.717, 1.165) is 6.07 Å². The van der Waals surface area contributed by atoms with Crippen LogP contribution < -0.4 is 15.0 Å². The number of nitrogens with one attached hydrogen (secondary N) is 2. The van der Waals surface area contributed by atoms with Crippen LogP contribution in [0.25, 0.3) is 0 Å². The van der Waals surface area contributed by atoms with Gasteiger partial charge < -0.3 is 15.0 Å². The van der Waals surface area contributed by atoms with Gasteiger partial charge in [-0.3, -0.25) is 4.79 Å². The van der Waals surface area contributed by atoms with Gasteiger partial charge in [0.2, 0.25) is 11.7 Å². The van der Waals surface area contributed by atoms with E-state index in [-0.39, 0.29) is 22.4 Å². The molecule has 31 heavy (non-hydrogen) atoms. The van der Waals surface area contributed by atoms with Gasteiger partial charge in [-0.05, 0) is 37.1 Å². The number of pyridine rings is 1. The topological polar surface area (TPSA) is 95.4 Å². The molecule has 1 aromatic heterocycles. The predicted octanol–water partition coefficient (Wildman–Crippen LogP) is 4.43. The van der Waals surface area contributed by atoms with Crippen molar-refractivity contribution >= 4 is 27.0 Å². The fourth-order valence-electron chi connectivity index (χ4n) is 3.25.